The molecular weight excluding hydrogens is 291 g/mol. The summed E-state index contributed by atoms with van der Waals surface area (Å²) in [5.41, 5.74) is 6.28. The zero-order valence-electron chi connectivity index (χ0n) is 10.2. The molecule has 0 unspecified atom stereocenters. The summed E-state index contributed by atoms with van der Waals surface area (Å²) in [6.45, 7) is 0.324. The Balaban J connectivity index is 2.13. The zero-order chi connectivity index (χ0) is 14.8. The van der Waals surface area contributed by atoms with Crippen LogP contribution in [0.2, 0.25) is 5.02 Å². The van der Waals surface area contributed by atoms with Gasteiger partial charge in [-0.2, -0.15) is 13.2 Å². The molecule has 20 heavy (non-hydrogen) atoms. The van der Waals surface area contributed by atoms with E-state index in [9.17, 15) is 13.2 Å². The number of halogens is 4. The van der Waals surface area contributed by atoms with E-state index in [1.54, 1.807) is 18.2 Å². The Labute approximate surface area is 118 Å². The highest BCUT2D eigenvalue weighted by molar-refractivity contribution is 6.32. The van der Waals surface area contributed by atoms with E-state index in [2.05, 4.69) is 10.3 Å². The normalized spacial score (nSPS) is 11.4. The summed E-state index contributed by atoms with van der Waals surface area (Å²) in [7, 11) is 0. The highest BCUT2D eigenvalue weighted by Gasteiger charge is 2.31. The van der Waals surface area contributed by atoms with E-state index in [4.69, 9.17) is 17.3 Å². The molecule has 0 aliphatic carbocycles. The fourth-order valence-electron chi connectivity index (χ4n) is 1.60. The van der Waals surface area contributed by atoms with E-state index in [1.165, 1.54) is 0 Å². The summed E-state index contributed by atoms with van der Waals surface area (Å²) in [5, 5.41) is 2.77. The van der Waals surface area contributed by atoms with Gasteiger partial charge in [0.05, 0.1) is 10.6 Å². The Kier molecular flexibility index (Phi) is 4.04. The van der Waals surface area contributed by atoms with E-state index >= 15 is 0 Å². The summed E-state index contributed by atoms with van der Waals surface area (Å²) in [4.78, 5) is 3.69. The standard InChI is InChI=1S/C13H11ClF3N3/c14-10-5-9(13(15,16)17)7-20-12(10)19-6-8-3-1-2-4-11(8)18/h1-5,7H,6,18H2,(H,19,20). The van der Waals surface area contributed by atoms with E-state index < -0.39 is 11.7 Å². The minimum Gasteiger partial charge on any atom is -0.398 e. The third-order valence-corrected chi connectivity index (χ3v) is 2.96. The summed E-state index contributed by atoms with van der Waals surface area (Å²) in [5.74, 6) is 0.183. The van der Waals surface area contributed by atoms with Gasteiger partial charge in [0.2, 0.25) is 0 Å². The molecule has 0 bridgehead atoms. The molecule has 2 rings (SSSR count). The summed E-state index contributed by atoms with van der Waals surface area (Å²) < 4.78 is 37.4. The van der Waals surface area contributed by atoms with Gasteiger partial charge in [-0.15, -0.1) is 0 Å². The van der Waals surface area contributed by atoms with Gasteiger partial charge >= 0.3 is 6.18 Å². The number of nitrogens with zero attached hydrogens (tertiary/aromatic N) is 1. The third kappa shape index (κ3) is 3.33. The SMILES string of the molecule is Nc1ccccc1CNc1ncc(C(F)(F)F)cc1Cl. The summed E-state index contributed by atoms with van der Waals surface area (Å²) >= 11 is 5.79. The van der Waals surface area contributed by atoms with Crippen LogP contribution in [-0.2, 0) is 12.7 Å². The topological polar surface area (TPSA) is 50.9 Å². The van der Waals surface area contributed by atoms with Gasteiger partial charge in [-0.1, -0.05) is 29.8 Å². The van der Waals surface area contributed by atoms with Crippen molar-refractivity contribution in [1.82, 2.24) is 4.98 Å². The Morgan fingerprint density at radius 3 is 2.55 bits per heavy atom. The van der Waals surface area contributed by atoms with Crippen LogP contribution in [-0.4, -0.2) is 4.98 Å². The maximum atomic E-state index is 12.5. The molecule has 0 fully saturated rings. The van der Waals surface area contributed by atoms with Gasteiger partial charge < -0.3 is 11.1 Å². The molecule has 0 aliphatic rings. The Morgan fingerprint density at radius 2 is 1.95 bits per heavy atom. The number of rotatable bonds is 3. The predicted octanol–water partition coefficient (Wildman–Crippen LogP) is 3.95. The first-order chi connectivity index (χ1) is 9.38. The van der Waals surface area contributed by atoms with Gasteiger partial charge in [-0.25, -0.2) is 4.98 Å². The number of para-hydroxylation sites is 1. The van der Waals surface area contributed by atoms with Crippen LogP contribution >= 0.6 is 11.6 Å². The molecule has 2 aromatic rings. The predicted molar refractivity (Wildman–Crippen MR) is 72.4 cm³/mol. The van der Waals surface area contributed by atoms with Crippen molar-refractivity contribution in [3.05, 3.63) is 52.7 Å². The number of hydrogen-bond acceptors (Lipinski definition) is 3. The van der Waals surface area contributed by atoms with Gasteiger partial charge in [-0.05, 0) is 17.7 Å². The highest BCUT2D eigenvalue weighted by Crippen LogP contribution is 2.32. The van der Waals surface area contributed by atoms with Gasteiger partial charge in [0.15, 0.2) is 0 Å². The molecule has 3 nitrogen and oxygen atoms in total. The number of aromatic nitrogens is 1. The molecule has 1 aromatic carbocycles. The molecule has 0 spiro atoms. The quantitative estimate of drug-likeness (QED) is 0.844. The lowest BCUT2D eigenvalue weighted by molar-refractivity contribution is -0.137. The van der Waals surface area contributed by atoms with Crippen molar-refractivity contribution in [1.29, 1.82) is 0 Å². The molecule has 0 saturated carbocycles. The first-order valence-electron chi connectivity index (χ1n) is 5.68. The highest BCUT2D eigenvalue weighted by atomic mass is 35.5. The van der Waals surface area contributed by atoms with E-state index in [0.29, 0.717) is 12.2 Å². The Hall–Kier alpha value is -1.95. The molecule has 7 heteroatoms. The van der Waals surface area contributed by atoms with E-state index in [0.717, 1.165) is 17.8 Å². The summed E-state index contributed by atoms with van der Waals surface area (Å²) in [6, 6.07) is 7.99. The van der Waals surface area contributed by atoms with Gasteiger partial charge in [0.1, 0.15) is 5.82 Å². The van der Waals surface area contributed by atoms with Crippen LogP contribution in [0.4, 0.5) is 24.7 Å². The third-order valence-electron chi connectivity index (χ3n) is 2.67. The average Bonchev–Trinajstić information content (AvgIpc) is 2.38. The average molecular weight is 302 g/mol. The molecule has 1 heterocycles. The Morgan fingerprint density at radius 1 is 1.25 bits per heavy atom. The van der Waals surface area contributed by atoms with Crippen LogP contribution in [0.25, 0.3) is 0 Å². The van der Waals surface area contributed by atoms with Crippen molar-refractivity contribution in [2.45, 2.75) is 12.7 Å². The zero-order valence-corrected chi connectivity index (χ0v) is 11.0. The molecule has 0 amide bonds. The lowest BCUT2D eigenvalue weighted by Gasteiger charge is -2.11. The van der Waals surface area contributed by atoms with Crippen molar-refractivity contribution in [3.8, 4) is 0 Å². The minimum atomic E-state index is -4.46. The number of nitrogen functional groups attached to an aromatic ring is 1. The van der Waals surface area contributed by atoms with Crippen LogP contribution in [0.15, 0.2) is 36.5 Å². The first-order valence-corrected chi connectivity index (χ1v) is 6.05. The van der Waals surface area contributed by atoms with Gasteiger partial charge in [-0.3, -0.25) is 0 Å². The number of hydrogen-bond donors (Lipinski definition) is 2. The largest absolute Gasteiger partial charge is 0.417 e. The lowest BCUT2D eigenvalue weighted by atomic mass is 10.2. The second kappa shape index (κ2) is 5.58. The molecule has 1 aromatic heterocycles. The molecule has 0 saturated heterocycles. The molecule has 0 radical (unpaired) electrons. The Bertz CT molecular complexity index is 614. The number of alkyl halides is 3. The van der Waals surface area contributed by atoms with Gasteiger partial charge in [0.25, 0.3) is 0 Å². The maximum Gasteiger partial charge on any atom is 0.417 e. The molecule has 0 atom stereocenters. The van der Waals surface area contributed by atoms with E-state index in [1.807, 2.05) is 6.07 Å². The smallest absolute Gasteiger partial charge is 0.398 e. The van der Waals surface area contributed by atoms with Crippen molar-refractivity contribution >= 4 is 23.1 Å². The second-order valence-electron chi connectivity index (χ2n) is 4.10. The van der Waals surface area contributed by atoms with E-state index in [-0.39, 0.29) is 10.8 Å². The fraction of sp³-hybridized carbons (Fsp3) is 0.154. The van der Waals surface area contributed by atoms with Crippen molar-refractivity contribution < 1.29 is 13.2 Å². The molecular formula is C13H11ClF3N3. The fourth-order valence-corrected chi connectivity index (χ4v) is 1.83. The van der Waals surface area contributed by atoms with Crippen LogP contribution in [0.5, 0.6) is 0 Å². The molecule has 106 valence electrons. The lowest BCUT2D eigenvalue weighted by Crippen LogP contribution is -2.08. The second-order valence-corrected chi connectivity index (χ2v) is 4.51. The van der Waals surface area contributed by atoms with Crippen LogP contribution in [0.1, 0.15) is 11.1 Å². The van der Waals surface area contributed by atoms with Crippen molar-refractivity contribution in [3.63, 3.8) is 0 Å². The van der Waals surface area contributed by atoms with Crippen LogP contribution in [0.3, 0.4) is 0 Å². The monoisotopic (exact) mass is 301 g/mol. The van der Waals surface area contributed by atoms with Gasteiger partial charge in [0, 0.05) is 18.4 Å². The van der Waals surface area contributed by atoms with Crippen LogP contribution < -0.4 is 11.1 Å². The minimum absolute atomic E-state index is 0.0886. The molecule has 0 aliphatic heterocycles. The summed E-state index contributed by atoms with van der Waals surface area (Å²) in [6.07, 6.45) is -3.72. The number of nitrogens with two attached hydrogens (primary N) is 1. The number of anilines is 2. The maximum absolute atomic E-state index is 12.5. The van der Waals surface area contributed by atoms with Crippen molar-refractivity contribution in [2.24, 2.45) is 0 Å². The van der Waals surface area contributed by atoms with Crippen LogP contribution in [0, 0.1) is 0 Å². The van der Waals surface area contributed by atoms with Crippen molar-refractivity contribution in [2.75, 3.05) is 11.1 Å². The first kappa shape index (κ1) is 14.5. The number of pyridine rings is 1. The number of benzene rings is 1. The number of nitrogens with one attached hydrogen (secondary N) is 1. The molecule has 3 N–H and O–H groups in total.